The van der Waals surface area contributed by atoms with E-state index >= 15 is 0 Å². The smallest absolute Gasteiger partial charge is 0.262 e. The van der Waals surface area contributed by atoms with Gasteiger partial charge in [0.2, 0.25) is 0 Å². The Bertz CT molecular complexity index is 980. The van der Waals surface area contributed by atoms with Crippen molar-refractivity contribution >= 4 is 17.3 Å². The highest BCUT2D eigenvalue weighted by Gasteiger charge is 2.17. The summed E-state index contributed by atoms with van der Waals surface area (Å²) in [6, 6.07) is 26.6. The Balaban J connectivity index is 1.22. The summed E-state index contributed by atoms with van der Waals surface area (Å²) in [7, 11) is 0. The second-order valence-electron chi connectivity index (χ2n) is 8.13. The van der Waals surface area contributed by atoms with Crippen LogP contribution in [-0.2, 0) is 17.8 Å². The first-order chi connectivity index (χ1) is 15.7. The first kappa shape index (κ1) is 21.9. The van der Waals surface area contributed by atoms with Gasteiger partial charge in [0.25, 0.3) is 5.91 Å². The summed E-state index contributed by atoms with van der Waals surface area (Å²) in [5.41, 5.74) is 4.59. The standard InChI is InChI=1S/C27H31N3O2/c1-2-22-8-14-26(15-9-22)32-21-27(31)28-24-10-12-25(13-11-24)30-18-16-29(17-19-30)20-23-6-4-3-5-7-23/h3-15H,2,16-21H2,1H3,(H,28,31). The molecule has 3 aromatic carbocycles. The van der Waals surface area contributed by atoms with E-state index in [0.717, 1.165) is 44.8 Å². The van der Waals surface area contributed by atoms with Crippen molar-refractivity contribution in [2.45, 2.75) is 19.9 Å². The van der Waals surface area contributed by atoms with Crippen molar-refractivity contribution < 1.29 is 9.53 Å². The Morgan fingerprint density at radius 1 is 0.844 bits per heavy atom. The molecular weight excluding hydrogens is 398 g/mol. The summed E-state index contributed by atoms with van der Waals surface area (Å²) in [5, 5.41) is 2.91. The minimum Gasteiger partial charge on any atom is -0.484 e. The molecule has 5 nitrogen and oxygen atoms in total. The largest absolute Gasteiger partial charge is 0.484 e. The van der Waals surface area contributed by atoms with Crippen LogP contribution in [0, 0.1) is 0 Å². The zero-order chi connectivity index (χ0) is 22.2. The van der Waals surface area contributed by atoms with Crippen molar-refractivity contribution in [3.8, 4) is 5.75 Å². The molecule has 166 valence electrons. The molecule has 5 heteroatoms. The van der Waals surface area contributed by atoms with E-state index in [0.29, 0.717) is 5.75 Å². The van der Waals surface area contributed by atoms with Gasteiger partial charge in [-0.25, -0.2) is 0 Å². The molecule has 0 aromatic heterocycles. The Hall–Kier alpha value is -3.31. The number of carbonyl (C=O) groups is 1. The van der Waals surface area contributed by atoms with Crippen LogP contribution >= 0.6 is 0 Å². The second-order valence-corrected chi connectivity index (χ2v) is 8.13. The number of hydrogen-bond donors (Lipinski definition) is 1. The number of nitrogens with one attached hydrogen (secondary N) is 1. The maximum atomic E-state index is 12.2. The normalized spacial score (nSPS) is 14.2. The van der Waals surface area contributed by atoms with Crippen molar-refractivity contribution in [1.82, 2.24) is 4.90 Å². The molecule has 0 unspecified atom stereocenters. The van der Waals surface area contributed by atoms with E-state index in [1.165, 1.54) is 16.8 Å². The van der Waals surface area contributed by atoms with Gasteiger partial charge in [-0.2, -0.15) is 0 Å². The fourth-order valence-electron chi connectivity index (χ4n) is 3.93. The zero-order valence-corrected chi connectivity index (χ0v) is 18.7. The lowest BCUT2D eigenvalue weighted by Gasteiger charge is -2.36. The number of nitrogens with zero attached hydrogens (tertiary/aromatic N) is 2. The van der Waals surface area contributed by atoms with Gasteiger partial charge in [0.1, 0.15) is 5.75 Å². The molecule has 1 N–H and O–H groups in total. The molecule has 1 aliphatic heterocycles. The van der Waals surface area contributed by atoms with Crippen LogP contribution in [-0.4, -0.2) is 43.6 Å². The van der Waals surface area contributed by atoms with Gasteiger partial charge in [0.05, 0.1) is 0 Å². The van der Waals surface area contributed by atoms with Crippen molar-refractivity contribution in [3.05, 3.63) is 90.0 Å². The van der Waals surface area contributed by atoms with Crippen LogP contribution in [0.4, 0.5) is 11.4 Å². The molecule has 1 saturated heterocycles. The second kappa shape index (κ2) is 10.8. The SMILES string of the molecule is CCc1ccc(OCC(=O)Nc2ccc(N3CCN(Cc4ccccc4)CC3)cc2)cc1. The Labute approximate surface area is 190 Å². The summed E-state index contributed by atoms with van der Waals surface area (Å²) in [4.78, 5) is 17.1. The van der Waals surface area contributed by atoms with Crippen LogP contribution in [0.1, 0.15) is 18.1 Å². The monoisotopic (exact) mass is 429 g/mol. The third-order valence-electron chi connectivity index (χ3n) is 5.84. The molecule has 1 amide bonds. The Morgan fingerprint density at radius 3 is 2.19 bits per heavy atom. The first-order valence-electron chi connectivity index (χ1n) is 11.3. The minimum absolute atomic E-state index is 0.00338. The van der Waals surface area contributed by atoms with Crippen LogP contribution in [0.3, 0.4) is 0 Å². The molecule has 1 heterocycles. The number of rotatable bonds is 8. The maximum Gasteiger partial charge on any atom is 0.262 e. The van der Waals surface area contributed by atoms with Crippen molar-refractivity contribution in [2.75, 3.05) is 43.0 Å². The molecule has 3 aromatic rings. The fourth-order valence-corrected chi connectivity index (χ4v) is 3.93. The van der Waals surface area contributed by atoms with E-state index in [2.05, 4.69) is 64.5 Å². The van der Waals surface area contributed by atoms with E-state index < -0.39 is 0 Å². The van der Waals surface area contributed by atoms with Crippen LogP contribution in [0.15, 0.2) is 78.9 Å². The Morgan fingerprint density at radius 2 is 1.53 bits per heavy atom. The summed E-state index contributed by atoms with van der Waals surface area (Å²) in [6.07, 6.45) is 0.986. The van der Waals surface area contributed by atoms with E-state index in [1.54, 1.807) is 0 Å². The summed E-state index contributed by atoms with van der Waals surface area (Å²) in [6.45, 7) is 7.21. The third-order valence-corrected chi connectivity index (χ3v) is 5.84. The zero-order valence-electron chi connectivity index (χ0n) is 18.7. The predicted molar refractivity (Wildman–Crippen MR) is 130 cm³/mol. The van der Waals surface area contributed by atoms with Gasteiger partial charge in [-0.1, -0.05) is 49.4 Å². The van der Waals surface area contributed by atoms with Crippen LogP contribution in [0.2, 0.25) is 0 Å². The number of aryl methyl sites for hydroxylation is 1. The van der Waals surface area contributed by atoms with E-state index in [-0.39, 0.29) is 12.5 Å². The number of carbonyl (C=O) groups excluding carboxylic acids is 1. The van der Waals surface area contributed by atoms with Crippen LogP contribution in [0.5, 0.6) is 5.75 Å². The lowest BCUT2D eigenvalue weighted by molar-refractivity contribution is -0.118. The number of anilines is 2. The Kier molecular flexibility index (Phi) is 7.41. The fraction of sp³-hybridized carbons (Fsp3) is 0.296. The van der Waals surface area contributed by atoms with Gasteiger partial charge >= 0.3 is 0 Å². The molecule has 0 radical (unpaired) electrons. The molecule has 1 fully saturated rings. The molecular formula is C27H31N3O2. The molecule has 4 rings (SSSR count). The average Bonchev–Trinajstić information content (AvgIpc) is 2.85. The molecule has 32 heavy (non-hydrogen) atoms. The molecule has 0 bridgehead atoms. The number of hydrogen-bond acceptors (Lipinski definition) is 4. The summed E-state index contributed by atoms with van der Waals surface area (Å²) < 4.78 is 5.59. The van der Waals surface area contributed by atoms with Gasteiger partial charge in [0.15, 0.2) is 6.61 Å². The van der Waals surface area contributed by atoms with Crippen molar-refractivity contribution in [1.29, 1.82) is 0 Å². The summed E-state index contributed by atoms with van der Waals surface area (Å²) >= 11 is 0. The first-order valence-corrected chi connectivity index (χ1v) is 11.3. The van der Waals surface area contributed by atoms with Gasteiger partial charge in [0, 0.05) is 44.1 Å². The van der Waals surface area contributed by atoms with Crippen LogP contribution in [0.25, 0.3) is 0 Å². The van der Waals surface area contributed by atoms with E-state index in [4.69, 9.17) is 4.74 Å². The van der Waals surface area contributed by atoms with Crippen molar-refractivity contribution in [2.24, 2.45) is 0 Å². The average molecular weight is 430 g/mol. The predicted octanol–water partition coefficient (Wildman–Crippen LogP) is 4.59. The highest BCUT2D eigenvalue weighted by atomic mass is 16.5. The number of piperazine rings is 1. The molecule has 0 spiro atoms. The minimum atomic E-state index is -0.160. The van der Waals surface area contributed by atoms with Crippen LogP contribution < -0.4 is 15.0 Å². The number of amides is 1. The highest BCUT2D eigenvalue weighted by Crippen LogP contribution is 2.20. The maximum absolute atomic E-state index is 12.2. The van der Waals surface area contributed by atoms with Gasteiger partial charge in [-0.3, -0.25) is 9.69 Å². The van der Waals surface area contributed by atoms with E-state index in [1.807, 2.05) is 36.4 Å². The van der Waals surface area contributed by atoms with Crippen molar-refractivity contribution in [3.63, 3.8) is 0 Å². The van der Waals surface area contributed by atoms with Gasteiger partial charge < -0.3 is 15.0 Å². The summed E-state index contributed by atoms with van der Waals surface area (Å²) in [5.74, 6) is 0.547. The molecule has 0 saturated carbocycles. The van der Waals surface area contributed by atoms with Gasteiger partial charge in [-0.15, -0.1) is 0 Å². The third kappa shape index (κ3) is 6.11. The van der Waals surface area contributed by atoms with Gasteiger partial charge in [-0.05, 0) is 53.9 Å². The lowest BCUT2D eigenvalue weighted by Crippen LogP contribution is -2.45. The molecule has 1 aliphatic rings. The number of ether oxygens (including phenoxy) is 1. The topological polar surface area (TPSA) is 44.8 Å². The molecule has 0 aliphatic carbocycles. The highest BCUT2D eigenvalue weighted by molar-refractivity contribution is 5.92. The molecule has 0 atom stereocenters. The lowest BCUT2D eigenvalue weighted by atomic mass is 10.2. The number of benzene rings is 3. The van der Waals surface area contributed by atoms with E-state index in [9.17, 15) is 4.79 Å². The quantitative estimate of drug-likeness (QED) is 0.569.